The highest BCUT2D eigenvalue weighted by atomic mass is 16.1. The van der Waals surface area contributed by atoms with Gasteiger partial charge >= 0.3 is 0 Å². The molecule has 5 heteroatoms. The third-order valence-corrected chi connectivity index (χ3v) is 4.21. The van der Waals surface area contributed by atoms with Crippen molar-refractivity contribution >= 4 is 11.7 Å². The average Bonchev–Trinajstić information content (AvgIpc) is 2.82. The maximum absolute atomic E-state index is 11.0. The Bertz CT molecular complexity index is 445. The summed E-state index contributed by atoms with van der Waals surface area (Å²) in [6.45, 7) is 1.06. The number of amides is 1. The Labute approximate surface area is 106 Å². The van der Waals surface area contributed by atoms with Crippen LogP contribution >= 0.6 is 0 Å². The predicted octanol–water partition coefficient (Wildman–Crippen LogP) is 1.34. The number of hydrogen-bond acceptors (Lipinski definition) is 4. The molecule has 18 heavy (non-hydrogen) atoms. The zero-order chi connectivity index (χ0) is 12.5. The van der Waals surface area contributed by atoms with Crippen LogP contribution in [0, 0.1) is 5.92 Å². The minimum atomic E-state index is -0.522. The third-order valence-electron chi connectivity index (χ3n) is 4.21. The van der Waals surface area contributed by atoms with Crippen molar-refractivity contribution < 1.29 is 4.79 Å². The molecule has 5 nitrogen and oxygen atoms in total. The van der Waals surface area contributed by atoms with Crippen molar-refractivity contribution in [3.8, 4) is 0 Å². The maximum Gasteiger partial charge on any atom is 0.269 e. The smallest absolute Gasteiger partial charge is 0.269 e. The highest BCUT2D eigenvalue weighted by Crippen LogP contribution is 2.37. The van der Waals surface area contributed by atoms with Crippen molar-refractivity contribution in [1.82, 2.24) is 10.2 Å². The van der Waals surface area contributed by atoms with Gasteiger partial charge in [0.05, 0.1) is 0 Å². The number of rotatable bonds is 2. The van der Waals surface area contributed by atoms with E-state index < -0.39 is 5.91 Å². The molecule has 2 atom stereocenters. The molecule has 2 heterocycles. The van der Waals surface area contributed by atoms with E-state index in [2.05, 4.69) is 15.1 Å². The van der Waals surface area contributed by atoms with E-state index >= 15 is 0 Å². The van der Waals surface area contributed by atoms with Gasteiger partial charge < -0.3 is 10.6 Å². The molecule has 1 saturated heterocycles. The molecule has 0 unspecified atom stereocenters. The Morgan fingerprint density at radius 1 is 1.22 bits per heavy atom. The number of hydrogen-bond donors (Lipinski definition) is 1. The Morgan fingerprint density at radius 2 is 2.06 bits per heavy atom. The van der Waals surface area contributed by atoms with E-state index in [-0.39, 0.29) is 5.69 Å². The monoisotopic (exact) mass is 246 g/mol. The lowest BCUT2D eigenvalue weighted by atomic mass is 9.85. The molecule has 1 aromatic heterocycles. The number of nitrogens with two attached hydrogens (primary N) is 1. The van der Waals surface area contributed by atoms with Gasteiger partial charge in [-0.3, -0.25) is 4.79 Å². The Balaban J connectivity index is 1.80. The normalized spacial score (nSPS) is 27.0. The molecule has 0 spiro atoms. The van der Waals surface area contributed by atoms with Crippen LogP contribution in [0.15, 0.2) is 12.1 Å². The van der Waals surface area contributed by atoms with Gasteiger partial charge in [-0.2, -0.15) is 0 Å². The lowest BCUT2D eigenvalue weighted by Gasteiger charge is -2.32. The van der Waals surface area contributed by atoms with Crippen molar-refractivity contribution in [2.75, 3.05) is 11.4 Å². The minimum Gasteiger partial charge on any atom is -0.364 e. The number of anilines is 1. The number of nitrogens with zero attached hydrogens (tertiary/aromatic N) is 3. The lowest BCUT2D eigenvalue weighted by molar-refractivity contribution is 0.0994. The predicted molar refractivity (Wildman–Crippen MR) is 68.3 cm³/mol. The molecule has 1 aliphatic carbocycles. The van der Waals surface area contributed by atoms with Gasteiger partial charge in [-0.1, -0.05) is 12.8 Å². The first-order valence-electron chi connectivity index (χ1n) is 6.66. The number of fused-ring (bicyclic) bond motifs is 1. The number of carbonyl (C=O) groups excluding carboxylic acids is 1. The summed E-state index contributed by atoms with van der Waals surface area (Å²) in [5.74, 6) is 1.18. The highest BCUT2D eigenvalue weighted by molar-refractivity contribution is 5.90. The second-order valence-electron chi connectivity index (χ2n) is 5.23. The first-order chi connectivity index (χ1) is 8.75. The number of aromatic nitrogens is 2. The zero-order valence-electron chi connectivity index (χ0n) is 10.4. The third kappa shape index (κ3) is 1.94. The topological polar surface area (TPSA) is 72.1 Å². The molecule has 96 valence electrons. The van der Waals surface area contributed by atoms with E-state index in [9.17, 15) is 4.79 Å². The second kappa shape index (κ2) is 4.55. The number of primary amides is 1. The Morgan fingerprint density at radius 3 is 2.78 bits per heavy atom. The van der Waals surface area contributed by atoms with Gasteiger partial charge in [0.15, 0.2) is 11.5 Å². The van der Waals surface area contributed by atoms with Crippen LogP contribution in [-0.2, 0) is 0 Å². The SMILES string of the molecule is NC(=O)c1ccc(N2CC[C@H]3CCCC[C@@H]32)nn1. The molecule has 2 N–H and O–H groups in total. The Kier molecular flexibility index (Phi) is 2.89. The van der Waals surface area contributed by atoms with E-state index in [0.717, 1.165) is 18.3 Å². The molecule has 2 fully saturated rings. The van der Waals surface area contributed by atoms with Gasteiger partial charge in [0.1, 0.15) is 0 Å². The minimum absolute atomic E-state index is 0.234. The molecule has 0 bridgehead atoms. The summed E-state index contributed by atoms with van der Waals surface area (Å²) in [6.07, 6.45) is 6.52. The van der Waals surface area contributed by atoms with E-state index in [1.165, 1.54) is 32.1 Å². The van der Waals surface area contributed by atoms with Gasteiger partial charge in [-0.25, -0.2) is 0 Å². The number of carbonyl (C=O) groups is 1. The summed E-state index contributed by atoms with van der Waals surface area (Å²) >= 11 is 0. The van der Waals surface area contributed by atoms with E-state index in [4.69, 9.17) is 5.73 Å². The molecular weight excluding hydrogens is 228 g/mol. The summed E-state index contributed by atoms with van der Waals surface area (Å²) in [4.78, 5) is 13.3. The first kappa shape index (κ1) is 11.4. The van der Waals surface area contributed by atoms with E-state index in [1.807, 2.05) is 6.07 Å². The molecule has 0 aromatic carbocycles. The van der Waals surface area contributed by atoms with E-state index in [1.54, 1.807) is 6.07 Å². The van der Waals surface area contributed by atoms with Crippen LogP contribution in [0.3, 0.4) is 0 Å². The fraction of sp³-hybridized carbons (Fsp3) is 0.615. The fourth-order valence-corrected chi connectivity index (χ4v) is 3.30. The fourth-order valence-electron chi connectivity index (χ4n) is 3.30. The van der Waals surface area contributed by atoms with Crippen LogP contribution in [-0.4, -0.2) is 28.7 Å². The van der Waals surface area contributed by atoms with Crippen LogP contribution in [0.25, 0.3) is 0 Å². The molecule has 1 aromatic rings. The second-order valence-corrected chi connectivity index (χ2v) is 5.23. The van der Waals surface area contributed by atoms with Gasteiger partial charge in [0.2, 0.25) is 0 Å². The summed E-state index contributed by atoms with van der Waals surface area (Å²) < 4.78 is 0. The molecule has 3 rings (SSSR count). The van der Waals surface area contributed by atoms with Crippen LogP contribution in [0.1, 0.15) is 42.6 Å². The molecule has 1 aliphatic heterocycles. The van der Waals surface area contributed by atoms with Crippen LogP contribution in [0.2, 0.25) is 0 Å². The molecule has 1 saturated carbocycles. The maximum atomic E-state index is 11.0. The summed E-state index contributed by atoms with van der Waals surface area (Å²) in [5.41, 5.74) is 5.40. The highest BCUT2D eigenvalue weighted by Gasteiger charge is 2.36. The zero-order valence-corrected chi connectivity index (χ0v) is 10.4. The van der Waals surface area contributed by atoms with Gasteiger partial charge in [0.25, 0.3) is 5.91 Å². The van der Waals surface area contributed by atoms with Crippen molar-refractivity contribution in [3.63, 3.8) is 0 Å². The summed E-state index contributed by atoms with van der Waals surface area (Å²) in [7, 11) is 0. The van der Waals surface area contributed by atoms with Crippen LogP contribution in [0.5, 0.6) is 0 Å². The van der Waals surface area contributed by atoms with Crippen molar-refractivity contribution in [2.45, 2.75) is 38.1 Å². The van der Waals surface area contributed by atoms with Gasteiger partial charge in [-0.05, 0) is 37.3 Å². The largest absolute Gasteiger partial charge is 0.364 e. The molecular formula is C13H18N4O. The molecule has 1 amide bonds. The van der Waals surface area contributed by atoms with E-state index in [0.29, 0.717) is 6.04 Å². The first-order valence-corrected chi connectivity index (χ1v) is 6.66. The average molecular weight is 246 g/mol. The summed E-state index contributed by atoms with van der Waals surface area (Å²) in [5, 5.41) is 8.04. The quantitative estimate of drug-likeness (QED) is 0.854. The molecule has 0 radical (unpaired) electrons. The van der Waals surface area contributed by atoms with Crippen LogP contribution in [0.4, 0.5) is 5.82 Å². The van der Waals surface area contributed by atoms with Crippen molar-refractivity contribution in [3.05, 3.63) is 17.8 Å². The van der Waals surface area contributed by atoms with Crippen molar-refractivity contribution in [1.29, 1.82) is 0 Å². The van der Waals surface area contributed by atoms with Gasteiger partial charge in [0, 0.05) is 12.6 Å². The molecule has 2 aliphatic rings. The summed E-state index contributed by atoms with van der Waals surface area (Å²) in [6, 6.07) is 4.15. The van der Waals surface area contributed by atoms with Crippen molar-refractivity contribution in [2.24, 2.45) is 11.7 Å². The lowest BCUT2D eigenvalue weighted by Crippen LogP contribution is -2.35. The van der Waals surface area contributed by atoms with Gasteiger partial charge in [-0.15, -0.1) is 10.2 Å². The van der Waals surface area contributed by atoms with Crippen LogP contribution < -0.4 is 10.6 Å². The standard InChI is InChI=1S/C13H18N4O/c14-13(18)10-5-6-12(16-15-10)17-8-7-9-3-1-2-4-11(9)17/h5-6,9,11H,1-4,7-8H2,(H2,14,18)/t9-,11+/m1/s1. The Hall–Kier alpha value is -1.65.